The fraction of sp³-hybridized carbons (Fsp3) is 0.571. The second-order valence-corrected chi connectivity index (χ2v) is 2.19. The van der Waals surface area contributed by atoms with Crippen LogP contribution in [0.5, 0.6) is 0 Å². The number of carboxylic acids is 1. The first-order valence-electron chi connectivity index (χ1n) is 3.09. The number of carbonyl (C=O) groups is 1. The van der Waals surface area contributed by atoms with E-state index < -0.39 is 18.0 Å². The van der Waals surface area contributed by atoms with Crippen molar-refractivity contribution in [2.75, 3.05) is 0 Å². The highest BCUT2D eigenvalue weighted by Gasteiger charge is 2.13. The van der Waals surface area contributed by atoms with E-state index in [2.05, 4.69) is 6.58 Å². The molecule has 0 amide bonds. The molecule has 0 aliphatic carbocycles. The van der Waals surface area contributed by atoms with Crippen LogP contribution in [-0.4, -0.2) is 17.2 Å². The van der Waals surface area contributed by atoms with Crippen LogP contribution in [0.2, 0.25) is 0 Å². The van der Waals surface area contributed by atoms with Gasteiger partial charge in [0.15, 0.2) is 0 Å². The lowest BCUT2D eigenvalue weighted by Gasteiger charge is -2.18. The Balaban J connectivity index is 3.97. The summed E-state index contributed by atoms with van der Waals surface area (Å²) in [4.78, 5) is 10.2. The van der Waals surface area contributed by atoms with Crippen molar-refractivity contribution >= 4 is 5.97 Å². The Labute approximate surface area is 60.0 Å². The molecule has 0 aliphatic heterocycles. The molecule has 58 valence electrons. The Hall–Kier alpha value is -0.830. The maximum Gasteiger partial charge on any atom is 0.0595 e. The summed E-state index contributed by atoms with van der Waals surface area (Å²) in [5, 5.41) is 19.1. The van der Waals surface area contributed by atoms with E-state index in [9.17, 15) is 9.90 Å². The number of carboxylic acid groups (broad SMARTS) is 1. The van der Waals surface area contributed by atoms with Gasteiger partial charge in [0, 0.05) is 11.9 Å². The van der Waals surface area contributed by atoms with E-state index in [0.29, 0.717) is 0 Å². The number of aliphatic hydroxyl groups is 1. The summed E-state index contributed by atoms with van der Waals surface area (Å²) in [5.74, 6) is -2.05. The van der Waals surface area contributed by atoms with Crippen molar-refractivity contribution in [3.63, 3.8) is 0 Å². The largest absolute Gasteiger partial charge is 0.550 e. The predicted octanol–water partition coefficient (Wildman–Crippen LogP) is -0.691. The van der Waals surface area contributed by atoms with Gasteiger partial charge in [-0.15, -0.1) is 6.58 Å². The maximum absolute atomic E-state index is 10.2. The molecule has 2 atom stereocenters. The normalized spacial score (nSPS) is 15.8. The monoisotopic (exact) mass is 143 g/mol. The number of carbonyl (C=O) groups excluding carboxylic acids is 1. The molecule has 0 bridgehead atoms. The van der Waals surface area contributed by atoms with Gasteiger partial charge in [0.1, 0.15) is 0 Å². The van der Waals surface area contributed by atoms with Gasteiger partial charge in [0.05, 0.1) is 6.10 Å². The second-order valence-electron chi connectivity index (χ2n) is 2.19. The van der Waals surface area contributed by atoms with Crippen LogP contribution in [0.1, 0.15) is 13.3 Å². The average Bonchev–Trinajstić information content (AvgIpc) is 1.81. The van der Waals surface area contributed by atoms with Crippen molar-refractivity contribution in [2.45, 2.75) is 19.4 Å². The van der Waals surface area contributed by atoms with Crippen LogP contribution in [0.15, 0.2) is 12.7 Å². The van der Waals surface area contributed by atoms with Gasteiger partial charge in [0.25, 0.3) is 0 Å². The third-order valence-corrected chi connectivity index (χ3v) is 1.31. The summed E-state index contributed by atoms with van der Waals surface area (Å²) in [6, 6.07) is 0. The van der Waals surface area contributed by atoms with Crippen LogP contribution < -0.4 is 5.11 Å². The number of aliphatic hydroxyl groups excluding tert-OH is 1. The summed E-state index contributed by atoms with van der Waals surface area (Å²) in [7, 11) is 0. The van der Waals surface area contributed by atoms with E-state index in [1.54, 1.807) is 0 Å². The molecular formula is C7H11O3-. The summed E-state index contributed by atoms with van der Waals surface area (Å²) in [5.41, 5.74) is 0. The predicted molar refractivity (Wildman–Crippen MR) is 35.0 cm³/mol. The molecule has 2 unspecified atom stereocenters. The smallest absolute Gasteiger partial charge is 0.0595 e. The molecular weight excluding hydrogens is 132 g/mol. The van der Waals surface area contributed by atoms with E-state index in [4.69, 9.17) is 5.11 Å². The van der Waals surface area contributed by atoms with E-state index in [-0.39, 0.29) is 6.42 Å². The third kappa shape index (κ3) is 2.64. The number of hydrogen-bond acceptors (Lipinski definition) is 3. The van der Waals surface area contributed by atoms with E-state index in [0.717, 1.165) is 0 Å². The molecule has 0 heterocycles. The van der Waals surface area contributed by atoms with Crippen LogP contribution in [-0.2, 0) is 4.79 Å². The number of aliphatic carboxylic acids is 1. The van der Waals surface area contributed by atoms with E-state index >= 15 is 0 Å². The Bertz CT molecular complexity index is 129. The Morgan fingerprint density at radius 1 is 1.90 bits per heavy atom. The van der Waals surface area contributed by atoms with Gasteiger partial charge in [-0.2, -0.15) is 0 Å². The number of hydrogen-bond donors (Lipinski definition) is 1. The molecule has 3 nitrogen and oxygen atoms in total. The first-order chi connectivity index (χ1) is 4.59. The molecule has 3 heteroatoms. The molecule has 1 N–H and O–H groups in total. The highest BCUT2D eigenvalue weighted by Crippen LogP contribution is 2.07. The topological polar surface area (TPSA) is 60.4 Å². The molecule has 0 aliphatic rings. The SMILES string of the molecule is C=CCC(C(=O)[O-])C(C)O. The first-order valence-corrected chi connectivity index (χ1v) is 3.09. The average molecular weight is 143 g/mol. The van der Waals surface area contributed by atoms with Crippen LogP contribution in [0, 0.1) is 5.92 Å². The molecule has 0 saturated carbocycles. The third-order valence-electron chi connectivity index (χ3n) is 1.31. The minimum Gasteiger partial charge on any atom is -0.550 e. The van der Waals surface area contributed by atoms with Gasteiger partial charge in [0.2, 0.25) is 0 Å². The molecule has 0 aromatic heterocycles. The standard InChI is InChI=1S/C7H12O3/c1-3-4-6(5(2)8)7(9)10/h3,5-6,8H,1,4H2,2H3,(H,9,10)/p-1. The summed E-state index contributed by atoms with van der Waals surface area (Å²) in [6.45, 7) is 4.78. The van der Waals surface area contributed by atoms with Crippen molar-refractivity contribution in [3.05, 3.63) is 12.7 Å². The molecule has 0 radical (unpaired) electrons. The lowest BCUT2D eigenvalue weighted by Crippen LogP contribution is -2.37. The second kappa shape index (κ2) is 4.06. The molecule has 0 saturated heterocycles. The van der Waals surface area contributed by atoms with Crippen molar-refractivity contribution in [1.82, 2.24) is 0 Å². The van der Waals surface area contributed by atoms with Gasteiger partial charge in [-0.05, 0) is 13.3 Å². The fourth-order valence-corrected chi connectivity index (χ4v) is 0.670. The van der Waals surface area contributed by atoms with Crippen LogP contribution in [0.4, 0.5) is 0 Å². The van der Waals surface area contributed by atoms with Gasteiger partial charge in [-0.25, -0.2) is 0 Å². The Kier molecular flexibility index (Phi) is 3.72. The fourth-order valence-electron chi connectivity index (χ4n) is 0.670. The zero-order chi connectivity index (χ0) is 8.15. The van der Waals surface area contributed by atoms with Gasteiger partial charge in [-0.3, -0.25) is 0 Å². The van der Waals surface area contributed by atoms with Crippen molar-refractivity contribution in [2.24, 2.45) is 5.92 Å². The van der Waals surface area contributed by atoms with Crippen molar-refractivity contribution in [3.8, 4) is 0 Å². The van der Waals surface area contributed by atoms with Crippen LogP contribution in [0.25, 0.3) is 0 Å². The van der Waals surface area contributed by atoms with E-state index in [1.807, 2.05) is 0 Å². The first kappa shape index (κ1) is 9.17. The van der Waals surface area contributed by atoms with Gasteiger partial charge >= 0.3 is 0 Å². The highest BCUT2D eigenvalue weighted by molar-refractivity contribution is 5.68. The minimum absolute atomic E-state index is 0.250. The summed E-state index contributed by atoms with van der Waals surface area (Å²) >= 11 is 0. The quantitative estimate of drug-likeness (QED) is 0.530. The zero-order valence-electron chi connectivity index (χ0n) is 5.91. The number of allylic oxidation sites excluding steroid dienone is 1. The van der Waals surface area contributed by atoms with Crippen molar-refractivity contribution in [1.29, 1.82) is 0 Å². The van der Waals surface area contributed by atoms with Crippen LogP contribution >= 0.6 is 0 Å². The molecule has 0 spiro atoms. The summed E-state index contributed by atoms with van der Waals surface area (Å²) in [6.07, 6.45) is 0.829. The molecule has 0 fully saturated rings. The van der Waals surface area contributed by atoms with Crippen molar-refractivity contribution < 1.29 is 15.0 Å². The van der Waals surface area contributed by atoms with Gasteiger partial charge in [-0.1, -0.05) is 6.08 Å². The molecule has 0 aromatic carbocycles. The van der Waals surface area contributed by atoms with E-state index in [1.165, 1.54) is 13.0 Å². The summed E-state index contributed by atoms with van der Waals surface area (Å²) < 4.78 is 0. The number of rotatable bonds is 4. The maximum atomic E-state index is 10.2. The molecule has 0 rings (SSSR count). The lowest BCUT2D eigenvalue weighted by molar-refractivity contribution is -0.313. The highest BCUT2D eigenvalue weighted by atomic mass is 16.4. The minimum atomic E-state index is -1.23. The lowest BCUT2D eigenvalue weighted by atomic mass is 10.0. The Morgan fingerprint density at radius 2 is 2.40 bits per heavy atom. The zero-order valence-corrected chi connectivity index (χ0v) is 5.91. The van der Waals surface area contributed by atoms with Crippen LogP contribution in [0.3, 0.4) is 0 Å². The molecule has 10 heavy (non-hydrogen) atoms. The Morgan fingerprint density at radius 3 is 2.50 bits per heavy atom. The van der Waals surface area contributed by atoms with Gasteiger partial charge < -0.3 is 15.0 Å². The molecule has 0 aromatic rings.